The number of Topliss-reactive ketones (excluding diaryl/α,β-unsaturated/α-hetero) is 2. The molecule has 7 heteroatoms. The quantitative estimate of drug-likeness (QED) is 0.364. The van der Waals surface area contributed by atoms with Crippen LogP contribution in [0.25, 0.3) is 0 Å². The van der Waals surface area contributed by atoms with Crippen molar-refractivity contribution in [2.45, 2.75) is 13.8 Å². The first kappa shape index (κ1) is 13.6. The molecule has 2 N–H and O–H groups in total. The van der Waals surface area contributed by atoms with Gasteiger partial charge >= 0.3 is 0 Å². The van der Waals surface area contributed by atoms with E-state index in [0.717, 1.165) is 0 Å². The molecule has 0 aromatic rings. The van der Waals surface area contributed by atoms with Crippen molar-refractivity contribution < 1.29 is 24.0 Å². The van der Waals surface area contributed by atoms with Crippen LogP contribution in [0.15, 0.2) is 34.6 Å². The number of rotatable bonds is 1. The van der Waals surface area contributed by atoms with Crippen LogP contribution < -0.4 is 10.6 Å². The lowest BCUT2D eigenvalue weighted by molar-refractivity contribution is -0.139. The molecule has 0 aromatic carbocycles. The molecule has 0 bridgehead atoms. The van der Waals surface area contributed by atoms with Gasteiger partial charge in [0.1, 0.15) is 0 Å². The molecule has 0 saturated carbocycles. The van der Waals surface area contributed by atoms with Gasteiger partial charge in [-0.3, -0.25) is 29.3 Å². The fourth-order valence-electron chi connectivity index (χ4n) is 2.05. The normalized spacial score (nSPS) is 20.5. The van der Waals surface area contributed by atoms with E-state index in [1.54, 1.807) is 0 Å². The summed E-state index contributed by atoms with van der Waals surface area (Å²) in [5.74, 6) is -4.08. The monoisotopic (exact) mass is 274 g/mol. The molecule has 0 radical (unpaired) electrons. The fourth-order valence-corrected chi connectivity index (χ4v) is 2.05. The molecule has 7 nitrogen and oxygen atoms in total. The number of carbonyl (C=O) groups is 5. The second-order valence-corrected chi connectivity index (χ2v) is 4.37. The lowest BCUT2D eigenvalue weighted by Gasteiger charge is -2.23. The van der Waals surface area contributed by atoms with E-state index >= 15 is 0 Å². The minimum absolute atomic E-state index is 0.00500. The second-order valence-electron chi connectivity index (χ2n) is 4.37. The van der Waals surface area contributed by atoms with E-state index in [2.05, 4.69) is 11.9 Å². The third-order valence-corrected chi connectivity index (χ3v) is 3.11. The molecule has 3 amide bonds. The molecular formula is C13H10N2O5. The largest absolute Gasteiger partial charge is 0.319 e. The molecule has 102 valence electrons. The number of hydrogen-bond acceptors (Lipinski definition) is 5. The maximum atomic E-state index is 11.9. The molecule has 20 heavy (non-hydrogen) atoms. The molecule has 2 aliphatic heterocycles. The van der Waals surface area contributed by atoms with Crippen molar-refractivity contribution in [1.82, 2.24) is 10.6 Å². The highest BCUT2D eigenvalue weighted by Gasteiger charge is 2.38. The van der Waals surface area contributed by atoms with E-state index in [1.807, 2.05) is 5.32 Å². The van der Waals surface area contributed by atoms with E-state index in [9.17, 15) is 24.0 Å². The third kappa shape index (κ3) is 1.80. The van der Waals surface area contributed by atoms with E-state index in [4.69, 9.17) is 0 Å². The van der Waals surface area contributed by atoms with Gasteiger partial charge < -0.3 is 5.32 Å². The Morgan fingerprint density at radius 3 is 1.70 bits per heavy atom. The second kappa shape index (κ2) is 4.37. The highest BCUT2D eigenvalue weighted by Crippen LogP contribution is 2.26. The molecule has 2 aliphatic rings. The number of nitrogens with one attached hydrogen (secondary N) is 2. The smallest absolute Gasteiger partial charge is 0.298 e. The average Bonchev–Trinajstić information content (AvgIpc) is 2.37. The van der Waals surface area contributed by atoms with Gasteiger partial charge in [-0.05, 0) is 13.8 Å². The van der Waals surface area contributed by atoms with Gasteiger partial charge in [-0.25, -0.2) is 0 Å². The first-order chi connectivity index (χ1) is 9.25. The van der Waals surface area contributed by atoms with Gasteiger partial charge in [-0.1, -0.05) is 6.58 Å². The van der Waals surface area contributed by atoms with Crippen LogP contribution in [0.5, 0.6) is 0 Å². The summed E-state index contributed by atoms with van der Waals surface area (Å²) in [4.78, 5) is 58.4. The number of allylic oxidation sites excluding steroid dienone is 1. The number of carbonyl (C=O) groups excluding carboxylic acids is 5. The van der Waals surface area contributed by atoms with Crippen LogP contribution in [0.3, 0.4) is 0 Å². The zero-order chi connectivity index (χ0) is 15.2. The Labute approximate surface area is 113 Å². The van der Waals surface area contributed by atoms with Crippen molar-refractivity contribution in [1.29, 1.82) is 0 Å². The zero-order valence-electron chi connectivity index (χ0n) is 10.7. The minimum atomic E-state index is -1.05. The third-order valence-electron chi connectivity index (χ3n) is 3.11. The summed E-state index contributed by atoms with van der Waals surface area (Å²) in [6.07, 6.45) is 0. The summed E-state index contributed by atoms with van der Waals surface area (Å²) in [5, 5.41) is 4.06. The highest BCUT2D eigenvalue weighted by atomic mass is 16.2. The van der Waals surface area contributed by atoms with E-state index in [1.165, 1.54) is 13.8 Å². The average molecular weight is 274 g/mol. The zero-order valence-corrected chi connectivity index (χ0v) is 10.7. The fraction of sp³-hybridized carbons (Fsp3) is 0.154. The van der Waals surface area contributed by atoms with Crippen LogP contribution in [-0.2, 0) is 24.0 Å². The number of ketones is 2. The Morgan fingerprint density at radius 1 is 0.700 bits per heavy atom. The standard InChI is InChI=1S/C13H10N2O5/c1-4-7(11(18)14-6(3)9(4)16)8-5(2)10(17)13(20)15-12(8)19/h3H2,1-2H3,(H,14,18)(H,15,19,20). The number of hydrogen-bond donors (Lipinski definition) is 2. The van der Waals surface area contributed by atoms with Gasteiger partial charge in [0.25, 0.3) is 17.7 Å². The molecule has 0 saturated heterocycles. The summed E-state index contributed by atoms with van der Waals surface area (Å²) in [5.41, 5.74) is -0.731. The van der Waals surface area contributed by atoms with Gasteiger partial charge in [-0.2, -0.15) is 0 Å². The summed E-state index contributed by atoms with van der Waals surface area (Å²) < 4.78 is 0. The molecule has 0 atom stereocenters. The van der Waals surface area contributed by atoms with Gasteiger partial charge in [0.2, 0.25) is 11.6 Å². The lowest BCUT2D eigenvalue weighted by Crippen LogP contribution is -2.46. The molecule has 0 spiro atoms. The topological polar surface area (TPSA) is 109 Å². The highest BCUT2D eigenvalue weighted by molar-refractivity contribution is 6.49. The summed E-state index contributed by atoms with van der Waals surface area (Å²) in [7, 11) is 0. The molecule has 0 aromatic heterocycles. The summed E-state index contributed by atoms with van der Waals surface area (Å²) in [6.45, 7) is 6.00. The van der Waals surface area contributed by atoms with E-state index in [0.29, 0.717) is 0 Å². The van der Waals surface area contributed by atoms with Gasteiger partial charge in [-0.15, -0.1) is 0 Å². The minimum Gasteiger partial charge on any atom is -0.319 e. The Morgan fingerprint density at radius 2 is 1.15 bits per heavy atom. The van der Waals surface area contributed by atoms with Crippen LogP contribution in [-0.4, -0.2) is 29.3 Å². The maximum Gasteiger partial charge on any atom is 0.298 e. The van der Waals surface area contributed by atoms with Crippen molar-refractivity contribution in [3.05, 3.63) is 34.6 Å². The van der Waals surface area contributed by atoms with Crippen molar-refractivity contribution in [2.75, 3.05) is 0 Å². The first-order valence-electron chi connectivity index (χ1n) is 5.62. The van der Waals surface area contributed by atoms with Crippen LogP contribution in [0.1, 0.15) is 13.8 Å². The lowest BCUT2D eigenvalue weighted by atomic mass is 9.87. The van der Waals surface area contributed by atoms with Crippen LogP contribution >= 0.6 is 0 Å². The van der Waals surface area contributed by atoms with Gasteiger partial charge in [0.05, 0.1) is 16.8 Å². The van der Waals surface area contributed by atoms with Gasteiger partial charge in [0, 0.05) is 11.1 Å². The summed E-state index contributed by atoms with van der Waals surface area (Å²) >= 11 is 0. The maximum absolute atomic E-state index is 11.9. The van der Waals surface area contributed by atoms with Crippen molar-refractivity contribution in [3.8, 4) is 0 Å². The number of amides is 3. The molecule has 2 heterocycles. The SMILES string of the molecule is C=C1NC(=O)C(C2=C(C)C(=O)C(=O)NC2=O)=C(C)C1=O. The molecule has 0 fully saturated rings. The molecule has 0 aliphatic carbocycles. The van der Waals surface area contributed by atoms with Crippen LogP contribution in [0.2, 0.25) is 0 Å². The first-order valence-corrected chi connectivity index (χ1v) is 5.62. The van der Waals surface area contributed by atoms with Crippen molar-refractivity contribution in [2.24, 2.45) is 0 Å². The van der Waals surface area contributed by atoms with E-state index in [-0.39, 0.29) is 28.0 Å². The molecule has 2 rings (SSSR count). The number of imide groups is 1. The Hall–Kier alpha value is -2.83. The van der Waals surface area contributed by atoms with Gasteiger partial charge in [0.15, 0.2) is 0 Å². The molecule has 0 unspecified atom stereocenters. The van der Waals surface area contributed by atoms with Crippen molar-refractivity contribution in [3.63, 3.8) is 0 Å². The van der Waals surface area contributed by atoms with Crippen LogP contribution in [0.4, 0.5) is 0 Å². The summed E-state index contributed by atoms with van der Waals surface area (Å²) in [6, 6.07) is 0. The predicted molar refractivity (Wildman–Crippen MR) is 65.8 cm³/mol. The van der Waals surface area contributed by atoms with Crippen molar-refractivity contribution >= 4 is 29.3 Å². The Balaban J connectivity index is 2.71. The van der Waals surface area contributed by atoms with E-state index < -0.39 is 29.3 Å². The van der Waals surface area contributed by atoms with Crippen LogP contribution in [0, 0.1) is 0 Å². The Bertz CT molecular complexity index is 634. The predicted octanol–water partition coefficient (Wildman–Crippen LogP) is -0.943. The Kier molecular flexibility index (Phi) is 2.97. The molecular weight excluding hydrogens is 264 g/mol.